The standard InChI is InChI=1S/C22H34N6O/c1-16(2)21(22-23-24-25-28(22)15-19-8-6-14-29-19)27-12-10-26(11-13-27)20-9-5-7-17(3)18(20)4/h5,7,9,16,19,21H,6,8,10-15H2,1-4H3/t19-,21-/m0/s1. The predicted molar refractivity (Wildman–Crippen MR) is 114 cm³/mol. The second kappa shape index (κ2) is 8.79. The summed E-state index contributed by atoms with van der Waals surface area (Å²) >= 11 is 0. The number of aryl methyl sites for hydroxylation is 1. The molecule has 2 fully saturated rings. The molecule has 2 saturated heterocycles. The summed E-state index contributed by atoms with van der Waals surface area (Å²) < 4.78 is 7.80. The molecule has 0 N–H and O–H groups in total. The summed E-state index contributed by atoms with van der Waals surface area (Å²) in [5, 5.41) is 12.8. The summed E-state index contributed by atoms with van der Waals surface area (Å²) in [6.45, 7) is 14.7. The number of aromatic nitrogens is 4. The SMILES string of the molecule is Cc1cccc(N2CCN([C@H](c3nnnn3C[C@@H]3CCCO3)C(C)C)CC2)c1C. The maximum Gasteiger partial charge on any atom is 0.168 e. The first-order chi connectivity index (χ1) is 14.0. The van der Waals surface area contributed by atoms with Crippen LogP contribution in [0.5, 0.6) is 0 Å². The van der Waals surface area contributed by atoms with Gasteiger partial charge in [-0.1, -0.05) is 26.0 Å². The fourth-order valence-corrected chi connectivity index (χ4v) is 4.74. The molecule has 0 spiro atoms. The molecule has 3 heterocycles. The molecule has 0 saturated carbocycles. The normalized spacial score (nSPS) is 21.8. The van der Waals surface area contributed by atoms with Crippen molar-refractivity contribution in [1.29, 1.82) is 0 Å². The predicted octanol–water partition coefficient (Wildman–Crippen LogP) is 2.99. The lowest BCUT2D eigenvalue weighted by molar-refractivity contribution is 0.0865. The zero-order chi connectivity index (χ0) is 20.4. The number of piperazine rings is 1. The third kappa shape index (κ3) is 4.31. The van der Waals surface area contributed by atoms with E-state index in [4.69, 9.17) is 4.74 Å². The molecule has 7 heteroatoms. The molecule has 0 bridgehead atoms. The van der Waals surface area contributed by atoms with E-state index in [0.29, 0.717) is 5.92 Å². The molecule has 2 aliphatic heterocycles. The Labute approximate surface area is 174 Å². The molecule has 7 nitrogen and oxygen atoms in total. The Kier molecular flexibility index (Phi) is 6.15. The van der Waals surface area contributed by atoms with Crippen molar-refractivity contribution in [1.82, 2.24) is 25.1 Å². The van der Waals surface area contributed by atoms with Crippen LogP contribution in [0.15, 0.2) is 18.2 Å². The van der Waals surface area contributed by atoms with Gasteiger partial charge in [0, 0.05) is 38.5 Å². The van der Waals surface area contributed by atoms with Gasteiger partial charge in [-0.05, 0) is 60.2 Å². The summed E-state index contributed by atoms with van der Waals surface area (Å²) in [5.74, 6) is 1.42. The molecule has 2 atom stereocenters. The van der Waals surface area contributed by atoms with Crippen molar-refractivity contribution in [3.05, 3.63) is 35.2 Å². The van der Waals surface area contributed by atoms with E-state index >= 15 is 0 Å². The van der Waals surface area contributed by atoms with Gasteiger partial charge in [-0.3, -0.25) is 4.90 Å². The van der Waals surface area contributed by atoms with Crippen molar-refractivity contribution in [3.63, 3.8) is 0 Å². The molecule has 2 aliphatic rings. The number of hydrogen-bond acceptors (Lipinski definition) is 6. The first-order valence-electron chi connectivity index (χ1n) is 11.0. The molecule has 2 aromatic rings. The van der Waals surface area contributed by atoms with E-state index in [9.17, 15) is 0 Å². The van der Waals surface area contributed by atoms with Gasteiger partial charge in [-0.25, -0.2) is 4.68 Å². The maximum absolute atomic E-state index is 5.81. The fraction of sp³-hybridized carbons (Fsp3) is 0.682. The summed E-state index contributed by atoms with van der Waals surface area (Å²) in [6.07, 6.45) is 2.47. The zero-order valence-electron chi connectivity index (χ0n) is 18.2. The van der Waals surface area contributed by atoms with Crippen LogP contribution in [0.25, 0.3) is 0 Å². The van der Waals surface area contributed by atoms with Crippen molar-refractivity contribution >= 4 is 5.69 Å². The number of nitrogens with zero attached hydrogens (tertiary/aromatic N) is 6. The highest BCUT2D eigenvalue weighted by atomic mass is 16.5. The first kappa shape index (κ1) is 20.3. The number of anilines is 1. The average molecular weight is 399 g/mol. The number of benzene rings is 1. The molecule has 0 unspecified atom stereocenters. The number of ether oxygens (including phenoxy) is 1. The van der Waals surface area contributed by atoms with Crippen LogP contribution < -0.4 is 4.90 Å². The summed E-state index contributed by atoms with van der Waals surface area (Å²) in [4.78, 5) is 5.08. The minimum absolute atomic E-state index is 0.229. The highest BCUT2D eigenvalue weighted by Crippen LogP contribution is 2.30. The van der Waals surface area contributed by atoms with E-state index in [1.54, 1.807) is 0 Å². The molecular weight excluding hydrogens is 364 g/mol. The first-order valence-corrected chi connectivity index (χ1v) is 11.0. The van der Waals surface area contributed by atoms with E-state index in [1.807, 2.05) is 4.68 Å². The lowest BCUT2D eigenvalue weighted by atomic mass is 10.00. The Bertz CT molecular complexity index is 805. The Morgan fingerprint density at radius 2 is 1.93 bits per heavy atom. The van der Waals surface area contributed by atoms with E-state index in [2.05, 4.69) is 71.2 Å². The van der Waals surface area contributed by atoms with Crippen molar-refractivity contribution in [3.8, 4) is 0 Å². The summed E-state index contributed by atoms with van der Waals surface area (Å²) in [6, 6.07) is 6.84. The van der Waals surface area contributed by atoms with Crippen LogP contribution >= 0.6 is 0 Å². The second-order valence-electron chi connectivity index (χ2n) is 8.79. The minimum atomic E-state index is 0.229. The van der Waals surface area contributed by atoms with Gasteiger partial charge in [0.15, 0.2) is 5.82 Å². The van der Waals surface area contributed by atoms with Crippen LogP contribution in [0.3, 0.4) is 0 Å². The second-order valence-corrected chi connectivity index (χ2v) is 8.79. The van der Waals surface area contributed by atoms with E-state index in [1.165, 1.54) is 16.8 Å². The maximum atomic E-state index is 5.81. The highest BCUT2D eigenvalue weighted by Gasteiger charge is 2.32. The number of tetrazole rings is 1. The smallest absolute Gasteiger partial charge is 0.168 e. The summed E-state index contributed by atoms with van der Waals surface area (Å²) in [7, 11) is 0. The van der Waals surface area contributed by atoms with Crippen LogP contribution in [0.4, 0.5) is 5.69 Å². The van der Waals surface area contributed by atoms with Gasteiger partial charge in [-0.15, -0.1) is 5.10 Å². The number of hydrogen-bond donors (Lipinski definition) is 0. The molecule has 0 radical (unpaired) electrons. The molecule has 4 rings (SSSR count). The van der Waals surface area contributed by atoms with Crippen LogP contribution in [0.2, 0.25) is 0 Å². The van der Waals surface area contributed by atoms with Crippen molar-refractivity contribution in [2.75, 3.05) is 37.7 Å². The van der Waals surface area contributed by atoms with Crippen LogP contribution in [-0.4, -0.2) is 64.0 Å². The third-order valence-electron chi connectivity index (χ3n) is 6.48. The fourth-order valence-electron chi connectivity index (χ4n) is 4.74. The molecule has 158 valence electrons. The molecule has 0 aliphatic carbocycles. The highest BCUT2D eigenvalue weighted by molar-refractivity contribution is 5.56. The van der Waals surface area contributed by atoms with Gasteiger partial charge < -0.3 is 9.64 Å². The Morgan fingerprint density at radius 1 is 1.14 bits per heavy atom. The molecule has 1 aromatic heterocycles. The molecule has 1 aromatic carbocycles. The quantitative estimate of drug-likeness (QED) is 0.746. The summed E-state index contributed by atoms with van der Waals surface area (Å²) in [5.41, 5.74) is 4.12. The van der Waals surface area contributed by atoms with Crippen LogP contribution in [-0.2, 0) is 11.3 Å². The van der Waals surface area contributed by atoms with Crippen molar-refractivity contribution in [2.24, 2.45) is 5.92 Å². The Hall–Kier alpha value is -1.99. The lowest BCUT2D eigenvalue weighted by Crippen LogP contribution is -2.49. The van der Waals surface area contributed by atoms with E-state index in [0.717, 1.165) is 58.0 Å². The van der Waals surface area contributed by atoms with E-state index in [-0.39, 0.29) is 12.1 Å². The van der Waals surface area contributed by atoms with Crippen molar-refractivity contribution < 1.29 is 4.74 Å². The Morgan fingerprint density at radius 3 is 2.62 bits per heavy atom. The average Bonchev–Trinajstić information content (AvgIpc) is 3.38. The van der Waals surface area contributed by atoms with E-state index < -0.39 is 0 Å². The van der Waals surface area contributed by atoms with Gasteiger partial charge in [0.1, 0.15) is 0 Å². The minimum Gasteiger partial charge on any atom is -0.376 e. The monoisotopic (exact) mass is 398 g/mol. The van der Waals surface area contributed by atoms with Crippen molar-refractivity contribution in [2.45, 2.75) is 59.2 Å². The Balaban J connectivity index is 1.47. The molecular formula is C22H34N6O. The van der Waals surface area contributed by atoms with Gasteiger partial charge in [0.05, 0.1) is 18.7 Å². The topological polar surface area (TPSA) is 59.3 Å². The van der Waals surface area contributed by atoms with Gasteiger partial charge in [0.25, 0.3) is 0 Å². The van der Waals surface area contributed by atoms with Gasteiger partial charge in [0.2, 0.25) is 0 Å². The van der Waals surface area contributed by atoms with Gasteiger partial charge in [-0.2, -0.15) is 0 Å². The zero-order valence-corrected chi connectivity index (χ0v) is 18.2. The molecule has 0 amide bonds. The van der Waals surface area contributed by atoms with Crippen LogP contribution in [0, 0.1) is 19.8 Å². The molecule has 29 heavy (non-hydrogen) atoms. The lowest BCUT2D eigenvalue weighted by Gasteiger charge is -2.41. The number of rotatable bonds is 6. The van der Waals surface area contributed by atoms with Gasteiger partial charge >= 0.3 is 0 Å². The van der Waals surface area contributed by atoms with Crippen LogP contribution in [0.1, 0.15) is 49.7 Å². The third-order valence-corrected chi connectivity index (χ3v) is 6.48. The largest absolute Gasteiger partial charge is 0.376 e.